The summed E-state index contributed by atoms with van der Waals surface area (Å²) in [4.78, 5) is 48.8. The Bertz CT molecular complexity index is 1460. The normalized spacial score (nSPS) is 26.8. The molecule has 0 radical (unpaired) electrons. The number of benzene rings is 2. The quantitative estimate of drug-likeness (QED) is 0.309. The Morgan fingerprint density at radius 3 is 2.07 bits per heavy atom. The highest BCUT2D eigenvalue weighted by atomic mass is 16.5. The molecule has 0 saturated carbocycles. The molecular formula is C36H45N3O7. The monoisotopic (exact) mass is 631 g/mol. The van der Waals surface area contributed by atoms with Gasteiger partial charge >= 0.3 is 0 Å². The molecule has 46 heavy (non-hydrogen) atoms. The SMILES string of the molecule is C=CCN(C(=O)C1N([C@H](C)CO)C(=O)[C@@H]2[C@@H](C(=O)N(CC=C)c3ccc(OCC)cc3)[C@@]3(CC)CCC12O3)c1ccc(OC)cc1. The lowest BCUT2D eigenvalue weighted by atomic mass is 9.64. The fourth-order valence-corrected chi connectivity index (χ4v) is 7.74. The second-order valence-electron chi connectivity index (χ2n) is 12.2. The van der Waals surface area contributed by atoms with Gasteiger partial charge in [-0.05, 0) is 81.6 Å². The number of likely N-dealkylation sites (tertiary alicyclic amines) is 1. The van der Waals surface area contributed by atoms with Gasteiger partial charge in [-0.3, -0.25) is 14.4 Å². The lowest BCUT2D eigenvalue weighted by molar-refractivity contribution is -0.149. The minimum Gasteiger partial charge on any atom is -0.497 e. The number of carbonyl (C=O) groups excluding carboxylic acids is 3. The first kappa shape index (κ1) is 33.2. The molecule has 5 rings (SSSR count). The van der Waals surface area contributed by atoms with Crippen molar-refractivity contribution in [3.05, 3.63) is 73.8 Å². The zero-order valence-corrected chi connectivity index (χ0v) is 27.2. The third-order valence-corrected chi connectivity index (χ3v) is 9.86. The fraction of sp³-hybridized carbons (Fsp3) is 0.472. The first-order valence-electron chi connectivity index (χ1n) is 16.0. The van der Waals surface area contributed by atoms with Crippen LogP contribution in [0.3, 0.4) is 0 Å². The lowest BCUT2D eigenvalue weighted by Gasteiger charge is -2.38. The molecule has 246 valence electrons. The highest BCUT2D eigenvalue weighted by Crippen LogP contribution is 2.65. The summed E-state index contributed by atoms with van der Waals surface area (Å²) in [6.45, 7) is 13.9. The maximum Gasteiger partial charge on any atom is 0.253 e. The molecule has 3 aliphatic rings. The number of aliphatic hydroxyl groups excluding tert-OH is 1. The number of rotatable bonds is 14. The van der Waals surface area contributed by atoms with Crippen LogP contribution in [-0.2, 0) is 19.1 Å². The number of aliphatic hydroxyl groups is 1. The Morgan fingerprint density at radius 1 is 1.00 bits per heavy atom. The van der Waals surface area contributed by atoms with E-state index in [1.807, 2.05) is 38.1 Å². The van der Waals surface area contributed by atoms with Gasteiger partial charge in [-0.2, -0.15) is 0 Å². The molecule has 3 amide bonds. The van der Waals surface area contributed by atoms with Crippen molar-refractivity contribution in [2.75, 3.05) is 43.2 Å². The number of ether oxygens (including phenoxy) is 3. The zero-order valence-electron chi connectivity index (χ0n) is 27.2. The molecule has 3 saturated heterocycles. The summed E-state index contributed by atoms with van der Waals surface area (Å²) in [5.74, 6) is -1.39. The number of nitrogens with zero attached hydrogens (tertiary/aromatic N) is 3. The first-order valence-corrected chi connectivity index (χ1v) is 16.0. The summed E-state index contributed by atoms with van der Waals surface area (Å²) in [6.07, 6.45) is 4.73. The second kappa shape index (κ2) is 13.3. The van der Waals surface area contributed by atoms with Gasteiger partial charge in [0.05, 0.1) is 43.8 Å². The lowest BCUT2D eigenvalue weighted by Crippen LogP contribution is -2.58. The van der Waals surface area contributed by atoms with E-state index in [1.165, 1.54) is 4.90 Å². The second-order valence-corrected chi connectivity index (χ2v) is 12.2. The topological polar surface area (TPSA) is 109 Å². The van der Waals surface area contributed by atoms with Crippen molar-refractivity contribution in [2.45, 2.75) is 63.3 Å². The Balaban J connectivity index is 1.59. The number of amides is 3. The molecule has 2 unspecified atom stereocenters. The van der Waals surface area contributed by atoms with Crippen molar-refractivity contribution < 1.29 is 33.7 Å². The number of hydrogen-bond donors (Lipinski definition) is 1. The molecule has 3 aliphatic heterocycles. The molecule has 0 aliphatic carbocycles. The highest BCUT2D eigenvalue weighted by Gasteiger charge is 2.79. The number of anilines is 2. The minimum absolute atomic E-state index is 0.185. The average Bonchev–Trinajstić information content (AvgIpc) is 3.69. The molecule has 0 aromatic heterocycles. The largest absolute Gasteiger partial charge is 0.497 e. The van der Waals surface area contributed by atoms with Crippen LogP contribution in [0.5, 0.6) is 11.5 Å². The van der Waals surface area contributed by atoms with Gasteiger partial charge in [-0.15, -0.1) is 13.2 Å². The third kappa shape index (κ3) is 5.27. The van der Waals surface area contributed by atoms with Gasteiger partial charge in [0.15, 0.2) is 0 Å². The van der Waals surface area contributed by atoms with E-state index in [-0.39, 0.29) is 37.4 Å². The molecule has 6 atom stereocenters. The minimum atomic E-state index is -1.25. The summed E-state index contributed by atoms with van der Waals surface area (Å²) in [5.41, 5.74) is -0.934. The summed E-state index contributed by atoms with van der Waals surface area (Å²) in [5, 5.41) is 10.3. The summed E-state index contributed by atoms with van der Waals surface area (Å²) < 4.78 is 17.9. The molecule has 1 spiro atoms. The molecule has 3 fully saturated rings. The fourth-order valence-electron chi connectivity index (χ4n) is 7.74. The van der Waals surface area contributed by atoms with Gasteiger partial charge in [0.25, 0.3) is 5.91 Å². The maximum atomic E-state index is 14.8. The maximum absolute atomic E-state index is 14.8. The molecule has 10 nitrogen and oxygen atoms in total. The van der Waals surface area contributed by atoms with Gasteiger partial charge in [0.1, 0.15) is 23.1 Å². The van der Waals surface area contributed by atoms with Crippen molar-refractivity contribution in [1.82, 2.24) is 4.90 Å². The van der Waals surface area contributed by atoms with Gasteiger partial charge in [-0.25, -0.2) is 0 Å². The van der Waals surface area contributed by atoms with Gasteiger partial charge < -0.3 is 34.0 Å². The molecule has 2 bridgehead atoms. The predicted octanol–water partition coefficient (Wildman–Crippen LogP) is 4.37. The van der Waals surface area contributed by atoms with Crippen LogP contribution in [0, 0.1) is 11.8 Å². The van der Waals surface area contributed by atoms with E-state index in [4.69, 9.17) is 14.2 Å². The van der Waals surface area contributed by atoms with Gasteiger partial charge in [-0.1, -0.05) is 19.1 Å². The van der Waals surface area contributed by atoms with Crippen LogP contribution in [0.4, 0.5) is 11.4 Å². The molecule has 1 N–H and O–H groups in total. The van der Waals surface area contributed by atoms with E-state index in [0.29, 0.717) is 48.7 Å². The molecule has 2 aromatic carbocycles. The van der Waals surface area contributed by atoms with Crippen molar-refractivity contribution in [2.24, 2.45) is 11.8 Å². The number of fused-ring (bicyclic) bond motifs is 1. The Morgan fingerprint density at radius 2 is 1.57 bits per heavy atom. The number of hydrogen-bond acceptors (Lipinski definition) is 7. The number of carbonyl (C=O) groups is 3. The molecule has 2 aromatic rings. The van der Waals surface area contributed by atoms with Crippen molar-refractivity contribution in [3.63, 3.8) is 0 Å². The van der Waals surface area contributed by atoms with E-state index in [1.54, 1.807) is 60.3 Å². The van der Waals surface area contributed by atoms with Crippen molar-refractivity contribution in [3.8, 4) is 11.5 Å². The molecule has 3 heterocycles. The van der Waals surface area contributed by atoms with Gasteiger partial charge in [0.2, 0.25) is 11.8 Å². The van der Waals surface area contributed by atoms with Crippen LogP contribution in [-0.4, -0.2) is 84.4 Å². The van der Waals surface area contributed by atoms with Crippen molar-refractivity contribution in [1.29, 1.82) is 0 Å². The van der Waals surface area contributed by atoms with Gasteiger partial charge in [0, 0.05) is 24.5 Å². The van der Waals surface area contributed by atoms with E-state index >= 15 is 0 Å². The molecular weight excluding hydrogens is 586 g/mol. The number of methoxy groups -OCH3 is 1. The van der Waals surface area contributed by atoms with Crippen LogP contribution >= 0.6 is 0 Å². The van der Waals surface area contributed by atoms with Crippen LogP contribution in [0.25, 0.3) is 0 Å². The van der Waals surface area contributed by atoms with Crippen LogP contribution in [0.15, 0.2) is 73.8 Å². The van der Waals surface area contributed by atoms with E-state index in [9.17, 15) is 19.5 Å². The summed E-state index contributed by atoms with van der Waals surface area (Å²) in [7, 11) is 1.57. The summed E-state index contributed by atoms with van der Waals surface area (Å²) >= 11 is 0. The Kier molecular flexibility index (Phi) is 9.60. The molecule has 10 heteroatoms. The van der Waals surface area contributed by atoms with Crippen LogP contribution in [0.2, 0.25) is 0 Å². The van der Waals surface area contributed by atoms with Crippen LogP contribution in [0.1, 0.15) is 40.0 Å². The summed E-state index contributed by atoms with van der Waals surface area (Å²) in [6, 6.07) is 12.6. The van der Waals surface area contributed by atoms with Crippen molar-refractivity contribution >= 4 is 29.1 Å². The van der Waals surface area contributed by atoms with E-state index in [2.05, 4.69) is 13.2 Å². The van der Waals surface area contributed by atoms with Crippen LogP contribution < -0.4 is 19.3 Å². The third-order valence-electron chi connectivity index (χ3n) is 9.86. The Hall–Kier alpha value is -4.15. The first-order chi connectivity index (χ1) is 22.2. The smallest absolute Gasteiger partial charge is 0.253 e. The highest BCUT2D eigenvalue weighted by molar-refractivity contribution is 6.07. The van der Waals surface area contributed by atoms with E-state index in [0.717, 1.165) is 0 Å². The standard InChI is InChI=1S/C36H45N3O7/c1-7-21-37(25-13-17-28(18-14-25)45-10-4)32(41)29-30-33(42)39(24(5)23-40)31(36(30)20-19-35(29,9-3)46-36)34(43)38(22-8-2)26-11-15-27(44-6)16-12-26/h7-8,11-18,24,29-31,40H,1-2,9-10,19-23H2,3-6H3/t24-,29+,30+,31?,35-,36?/m1/s1. The van der Waals surface area contributed by atoms with E-state index < -0.39 is 35.1 Å². The zero-order chi connectivity index (χ0) is 33.2. The Labute approximate surface area is 271 Å². The predicted molar refractivity (Wildman–Crippen MR) is 176 cm³/mol. The average molecular weight is 632 g/mol.